The Morgan fingerprint density at radius 1 is 1.00 bits per heavy atom. The molecule has 2 rings (SSSR count). The van der Waals surface area contributed by atoms with Crippen molar-refractivity contribution >= 4 is 23.8 Å². The Bertz CT molecular complexity index is 1020. The molecular formula is C32H45NO5S. The number of carbonyl (C=O) groups is 2. The van der Waals surface area contributed by atoms with Gasteiger partial charge in [-0.15, -0.1) is 11.8 Å². The van der Waals surface area contributed by atoms with E-state index in [0.29, 0.717) is 35.0 Å². The fraction of sp³-hybridized carbons (Fsp3) is 0.500. The molecule has 0 saturated heterocycles. The van der Waals surface area contributed by atoms with Crippen molar-refractivity contribution in [1.29, 1.82) is 0 Å². The zero-order valence-electron chi connectivity index (χ0n) is 24.3. The van der Waals surface area contributed by atoms with Crippen LogP contribution in [0.2, 0.25) is 0 Å². The minimum Gasteiger partial charge on any atom is -0.490 e. The quantitative estimate of drug-likeness (QED) is 0.100. The third kappa shape index (κ3) is 11.4. The Hall–Kier alpha value is -2.93. The van der Waals surface area contributed by atoms with E-state index < -0.39 is 18.2 Å². The maximum absolute atomic E-state index is 12.4. The molecule has 4 atom stereocenters. The number of ether oxygens (including phenoxy) is 3. The van der Waals surface area contributed by atoms with Crippen LogP contribution in [0.3, 0.4) is 0 Å². The fourth-order valence-corrected chi connectivity index (χ4v) is 5.61. The second-order valence-electron chi connectivity index (χ2n) is 10.4. The van der Waals surface area contributed by atoms with E-state index in [4.69, 9.17) is 14.2 Å². The van der Waals surface area contributed by atoms with Gasteiger partial charge in [-0.2, -0.15) is 0 Å². The lowest BCUT2D eigenvalue weighted by atomic mass is 9.72. The van der Waals surface area contributed by atoms with Crippen molar-refractivity contribution in [3.05, 3.63) is 72.3 Å². The minimum atomic E-state index is -0.586. The highest BCUT2D eigenvalue weighted by Gasteiger charge is 2.26. The summed E-state index contributed by atoms with van der Waals surface area (Å²) in [6.07, 6.45) is 0.101. The first-order chi connectivity index (χ1) is 18.6. The zero-order valence-corrected chi connectivity index (χ0v) is 25.1. The van der Waals surface area contributed by atoms with Crippen LogP contribution in [0.5, 0.6) is 5.75 Å². The smallest absolute Gasteiger partial charge is 0.407 e. The van der Waals surface area contributed by atoms with Gasteiger partial charge in [0.15, 0.2) is 0 Å². The number of benzene rings is 2. The summed E-state index contributed by atoms with van der Waals surface area (Å²) in [7, 11) is 0. The first kappa shape index (κ1) is 32.3. The first-order valence-electron chi connectivity index (χ1n) is 13.8. The summed E-state index contributed by atoms with van der Waals surface area (Å²) in [6, 6.07) is 18.2. The van der Waals surface area contributed by atoms with Gasteiger partial charge >= 0.3 is 12.1 Å². The number of rotatable bonds is 16. The predicted octanol–water partition coefficient (Wildman–Crippen LogP) is 7.49. The number of nitrogens with one attached hydrogen (secondary N) is 1. The molecule has 2 aromatic rings. The molecule has 0 aliphatic carbocycles. The predicted molar refractivity (Wildman–Crippen MR) is 159 cm³/mol. The molecule has 0 saturated carbocycles. The summed E-state index contributed by atoms with van der Waals surface area (Å²) in [5.41, 5.74) is 1.62. The summed E-state index contributed by atoms with van der Waals surface area (Å²) < 4.78 is 16.7. The maximum atomic E-state index is 12.4. The Kier molecular flexibility index (Phi) is 14.0. The molecule has 1 N–H and O–H groups in total. The SMILES string of the molecule is C=C(C)C(=O)OCCNC(=O)OC(COc1ccc(C(C)C(C(C)C)C(C)CC)cc1)CSc1ccccc1. The molecule has 2 aromatic carbocycles. The van der Waals surface area contributed by atoms with Gasteiger partial charge in [0.1, 0.15) is 25.1 Å². The third-order valence-electron chi connectivity index (χ3n) is 6.90. The number of carbonyl (C=O) groups excluding carboxylic acids is 2. The average Bonchev–Trinajstić information content (AvgIpc) is 2.92. The number of esters is 1. The van der Waals surface area contributed by atoms with Crippen LogP contribution >= 0.6 is 11.8 Å². The molecule has 0 aromatic heterocycles. The standard InChI is InChI=1S/C32H45NO5S/c1-8-24(6)30(22(2)3)25(7)26-14-16-27(17-15-26)37-20-28(21-39-29-12-10-9-11-13-29)38-32(35)33-18-19-36-31(34)23(4)5/h9-17,22,24-25,28,30H,4,8,18-21H2,1-3,5-7H3,(H,33,35). The summed E-state index contributed by atoms with van der Waals surface area (Å²) in [5, 5.41) is 2.62. The number of amides is 1. The molecule has 214 valence electrons. The van der Waals surface area contributed by atoms with Gasteiger partial charge in [-0.1, -0.05) is 78.0 Å². The average molecular weight is 556 g/mol. The van der Waals surface area contributed by atoms with Crippen molar-refractivity contribution < 1.29 is 23.8 Å². The van der Waals surface area contributed by atoms with E-state index in [2.05, 4.69) is 58.6 Å². The molecule has 1 amide bonds. The van der Waals surface area contributed by atoms with Crippen LogP contribution in [0, 0.1) is 17.8 Å². The van der Waals surface area contributed by atoms with Crippen molar-refractivity contribution in [3.8, 4) is 5.75 Å². The molecule has 7 heteroatoms. The molecular weight excluding hydrogens is 510 g/mol. The second-order valence-corrected chi connectivity index (χ2v) is 11.5. The molecule has 39 heavy (non-hydrogen) atoms. The second kappa shape index (κ2) is 16.9. The van der Waals surface area contributed by atoms with Gasteiger partial charge in [-0.05, 0) is 60.4 Å². The van der Waals surface area contributed by atoms with Gasteiger partial charge in [0.25, 0.3) is 0 Å². The van der Waals surface area contributed by atoms with Crippen LogP contribution < -0.4 is 10.1 Å². The molecule has 4 unspecified atom stereocenters. The molecule has 6 nitrogen and oxygen atoms in total. The van der Waals surface area contributed by atoms with Gasteiger partial charge in [0.2, 0.25) is 0 Å². The summed E-state index contributed by atoms with van der Waals surface area (Å²) in [5.74, 6) is 3.10. The summed E-state index contributed by atoms with van der Waals surface area (Å²) in [4.78, 5) is 25.0. The van der Waals surface area contributed by atoms with Crippen LogP contribution in [-0.4, -0.2) is 43.7 Å². The van der Waals surface area contributed by atoms with E-state index in [-0.39, 0.29) is 19.8 Å². The molecule has 0 aliphatic heterocycles. The van der Waals surface area contributed by atoms with Crippen LogP contribution in [0.25, 0.3) is 0 Å². The van der Waals surface area contributed by atoms with E-state index in [1.54, 1.807) is 18.7 Å². The molecule has 0 fully saturated rings. The lowest BCUT2D eigenvalue weighted by Gasteiger charge is -2.33. The topological polar surface area (TPSA) is 73.9 Å². The molecule has 0 aliphatic rings. The van der Waals surface area contributed by atoms with E-state index in [9.17, 15) is 9.59 Å². The fourth-order valence-electron chi connectivity index (χ4n) is 4.71. The van der Waals surface area contributed by atoms with E-state index in [0.717, 1.165) is 10.6 Å². The monoisotopic (exact) mass is 555 g/mol. The maximum Gasteiger partial charge on any atom is 0.407 e. The molecule has 0 spiro atoms. The number of hydrogen-bond donors (Lipinski definition) is 1. The highest BCUT2D eigenvalue weighted by Crippen LogP contribution is 2.37. The Morgan fingerprint density at radius 3 is 2.26 bits per heavy atom. The lowest BCUT2D eigenvalue weighted by molar-refractivity contribution is -0.138. The lowest BCUT2D eigenvalue weighted by Crippen LogP contribution is -2.35. The van der Waals surface area contributed by atoms with Gasteiger partial charge in [0.05, 0.1) is 6.54 Å². The van der Waals surface area contributed by atoms with E-state index >= 15 is 0 Å². The largest absolute Gasteiger partial charge is 0.490 e. The van der Waals surface area contributed by atoms with E-state index in [1.165, 1.54) is 12.0 Å². The van der Waals surface area contributed by atoms with Crippen molar-refractivity contribution in [2.75, 3.05) is 25.5 Å². The van der Waals surface area contributed by atoms with Crippen LogP contribution in [-0.2, 0) is 14.3 Å². The Morgan fingerprint density at radius 2 is 1.67 bits per heavy atom. The van der Waals surface area contributed by atoms with Gasteiger partial charge in [-0.3, -0.25) is 0 Å². The Balaban J connectivity index is 1.97. The molecule has 0 heterocycles. The van der Waals surface area contributed by atoms with Crippen LogP contribution in [0.4, 0.5) is 4.79 Å². The van der Waals surface area contributed by atoms with Crippen LogP contribution in [0.1, 0.15) is 59.4 Å². The van der Waals surface area contributed by atoms with Gasteiger partial charge in [0, 0.05) is 16.2 Å². The van der Waals surface area contributed by atoms with Crippen molar-refractivity contribution in [3.63, 3.8) is 0 Å². The molecule has 0 bridgehead atoms. The van der Waals surface area contributed by atoms with Crippen molar-refractivity contribution in [2.24, 2.45) is 17.8 Å². The van der Waals surface area contributed by atoms with Gasteiger partial charge < -0.3 is 19.5 Å². The normalized spacial score (nSPS) is 14.1. The molecule has 0 radical (unpaired) electrons. The minimum absolute atomic E-state index is 0.0419. The van der Waals surface area contributed by atoms with Crippen molar-refractivity contribution in [1.82, 2.24) is 5.32 Å². The number of thioether (sulfide) groups is 1. The highest BCUT2D eigenvalue weighted by atomic mass is 32.2. The van der Waals surface area contributed by atoms with Gasteiger partial charge in [-0.25, -0.2) is 9.59 Å². The number of alkyl carbamates (subject to hydrolysis) is 1. The highest BCUT2D eigenvalue weighted by molar-refractivity contribution is 7.99. The van der Waals surface area contributed by atoms with E-state index in [1.807, 2.05) is 42.5 Å². The summed E-state index contributed by atoms with van der Waals surface area (Å²) >= 11 is 1.59. The third-order valence-corrected chi connectivity index (χ3v) is 8.04. The van der Waals surface area contributed by atoms with Crippen LogP contribution in [0.15, 0.2) is 71.6 Å². The Labute approximate surface area is 238 Å². The zero-order chi connectivity index (χ0) is 28.8. The van der Waals surface area contributed by atoms with Crippen molar-refractivity contribution in [2.45, 2.75) is 64.9 Å². The first-order valence-corrected chi connectivity index (χ1v) is 14.8. The summed E-state index contributed by atoms with van der Waals surface area (Å²) in [6.45, 7) is 17.0. The number of hydrogen-bond acceptors (Lipinski definition) is 6.